The second-order valence-electron chi connectivity index (χ2n) is 4.29. The molecule has 0 radical (unpaired) electrons. The Kier molecular flexibility index (Phi) is 3.01. The molecule has 4 heteroatoms. The molecule has 2 rings (SSSR count). The maximum Gasteiger partial charge on any atom is 0.252 e. The van der Waals surface area contributed by atoms with Crippen molar-refractivity contribution in [3.8, 4) is 0 Å². The van der Waals surface area contributed by atoms with E-state index in [1.54, 1.807) is 6.07 Å². The predicted molar refractivity (Wildman–Crippen MR) is 65.9 cm³/mol. The van der Waals surface area contributed by atoms with Crippen molar-refractivity contribution in [2.75, 3.05) is 18.5 Å². The lowest BCUT2D eigenvalue weighted by Crippen LogP contribution is -2.37. The molecular formula is C12H19N3O. The van der Waals surface area contributed by atoms with Crippen LogP contribution in [0.4, 0.5) is 5.82 Å². The van der Waals surface area contributed by atoms with Crippen molar-refractivity contribution >= 4 is 5.82 Å². The molecule has 16 heavy (non-hydrogen) atoms. The largest absolute Gasteiger partial charge is 0.361 e. The number of fused-ring (bicyclic) bond motifs is 1. The Bertz CT molecular complexity index is 450. The van der Waals surface area contributed by atoms with Crippen LogP contribution in [-0.4, -0.2) is 18.2 Å². The van der Waals surface area contributed by atoms with Gasteiger partial charge in [0.1, 0.15) is 5.82 Å². The van der Waals surface area contributed by atoms with E-state index in [9.17, 15) is 4.79 Å². The molecule has 0 amide bonds. The lowest BCUT2D eigenvalue weighted by Gasteiger charge is -2.31. The van der Waals surface area contributed by atoms with E-state index >= 15 is 0 Å². The average Bonchev–Trinajstić information content (AvgIpc) is 2.29. The van der Waals surface area contributed by atoms with Crippen LogP contribution in [0.25, 0.3) is 0 Å². The second kappa shape index (κ2) is 4.29. The van der Waals surface area contributed by atoms with Gasteiger partial charge in [0.15, 0.2) is 0 Å². The highest BCUT2D eigenvalue weighted by Gasteiger charge is 2.20. The molecule has 2 N–H and O–H groups in total. The van der Waals surface area contributed by atoms with Gasteiger partial charge in [-0.15, -0.1) is 0 Å². The highest BCUT2D eigenvalue weighted by molar-refractivity contribution is 5.52. The molecule has 4 nitrogen and oxygen atoms in total. The summed E-state index contributed by atoms with van der Waals surface area (Å²) < 4.78 is 1.85. The van der Waals surface area contributed by atoms with Crippen LogP contribution in [0, 0.1) is 0 Å². The summed E-state index contributed by atoms with van der Waals surface area (Å²) >= 11 is 0. The number of rotatable bonds is 2. The van der Waals surface area contributed by atoms with E-state index in [4.69, 9.17) is 5.73 Å². The van der Waals surface area contributed by atoms with Gasteiger partial charge in [-0.3, -0.25) is 9.36 Å². The zero-order chi connectivity index (χ0) is 11.7. The Morgan fingerprint density at radius 1 is 1.44 bits per heavy atom. The molecule has 0 bridgehead atoms. The molecule has 0 fully saturated rings. The van der Waals surface area contributed by atoms with Crippen LogP contribution in [0.1, 0.15) is 24.5 Å². The third-order valence-corrected chi connectivity index (χ3v) is 3.30. The first-order valence-electron chi connectivity index (χ1n) is 5.85. The molecule has 1 aromatic heterocycles. The van der Waals surface area contributed by atoms with Gasteiger partial charge in [0.25, 0.3) is 5.56 Å². The molecule has 1 aliphatic rings. The predicted octanol–water partition coefficient (Wildman–Crippen LogP) is 0.709. The van der Waals surface area contributed by atoms with Gasteiger partial charge < -0.3 is 10.6 Å². The molecule has 0 saturated heterocycles. The highest BCUT2D eigenvalue weighted by atomic mass is 16.1. The van der Waals surface area contributed by atoms with E-state index in [-0.39, 0.29) is 5.56 Å². The van der Waals surface area contributed by atoms with E-state index < -0.39 is 0 Å². The Hall–Kier alpha value is -1.29. The number of hydrogen-bond donors (Lipinski definition) is 1. The number of aromatic nitrogens is 1. The normalized spacial score (nSPS) is 15.1. The van der Waals surface area contributed by atoms with Crippen molar-refractivity contribution in [3.05, 3.63) is 27.5 Å². The third kappa shape index (κ3) is 1.63. The maximum atomic E-state index is 12.0. The van der Waals surface area contributed by atoms with Crippen molar-refractivity contribution in [2.24, 2.45) is 5.73 Å². The molecule has 2 heterocycles. The van der Waals surface area contributed by atoms with E-state index in [0.717, 1.165) is 42.9 Å². The quantitative estimate of drug-likeness (QED) is 0.800. The lowest BCUT2D eigenvalue weighted by atomic mass is 10.0. The molecule has 88 valence electrons. The Morgan fingerprint density at radius 2 is 2.19 bits per heavy atom. The van der Waals surface area contributed by atoms with Crippen molar-refractivity contribution < 1.29 is 0 Å². The molecule has 0 unspecified atom stereocenters. The Balaban J connectivity index is 2.70. The summed E-state index contributed by atoms with van der Waals surface area (Å²) in [4.78, 5) is 14.1. The molecule has 0 aromatic carbocycles. The molecule has 0 atom stereocenters. The van der Waals surface area contributed by atoms with Crippen LogP contribution in [0.5, 0.6) is 0 Å². The monoisotopic (exact) mass is 221 g/mol. The van der Waals surface area contributed by atoms with Gasteiger partial charge in [-0.25, -0.2) is 0 Å². The summed E-state index contributed by atoms with van der Waals surface area (Å²) in [5.74, 6) is 1.03. The zero-order valence-electron chi connectivity index (χ0n) is 9.99. The molecule has 0 spiro atoms. The fourth-order valence-electron chi connectivity index (χ4n) is 2.49. The van der Waals surface area contributed by atoms with Gasteiger partial charge in [-0.05, 0) is 18.4 Å². The van der Waals surface area contributed by atoms with Gasteiger partial charge in [-0.2, -0.15) is 0 Å². The number of aryl methyl sites for hydroxylation is 1. The van der Waals surface area contributed by atoms with Gasteiger partial charge in [0, 0.05) is 38.3 Å². The van der Waals surface area contributed by atoms with Gasteiger partial charge in [0.2, 0.25) is 0 Å². The fourth-order valence-corrected chi connectivity index (χ4v) is 2.49. The first-order valence-corrected chi connectivity index (χ1v) is 5.85. The standard InChI is InChI=1S/C12H19N3O/c1-3-9-7-11(16)15-6-4-5-14(2)12(15)10(9)8-13/h7H,3-6,8,13H2,1-2H3. The molecular weight excluding hydrogens is 202 g/mol. The van der Waals surface area contributed by atoms with Crippen molar-refractivity contribution in [3.63, 3.8) is 0 Å². The average molecular weight is 221 g/mol. The minimum atomic E-state index is 0.107. The zero-order valence-corrected chi connectivity index (χ0v) is 9.99. The lowest BCUT2D eigenvalue weighted by molar-refractivity contribution is 0.559. The molecule has 1 aromatic rings. The minimum Gasteiger partial charge on any atom is -0.361 e. The summed E-state index contributed by atoms with van der Waals surface area (Å²) in [6.07, 6.45) is 1.89. The maximum absolute atomic E-state index is 12.0. The van der Waals surface area contributed by atoms with Crippen LogP contribution >= 0.6 is 0 Å². The topological polar surface area (TPSA) is 51.3 Å². The summed E-state index contributed by atoms with van der Waals surface area (Å²) in [7, 11) is 2.03. The number of pyridine rings is 1. The molecule has 1 aliphatic heterocycles. The number of nitrogens with two attached hydrogens (primary N) is 1. The van der Waals surface area contributed by atoms with Crippen molar-refractivity contribution in [1.82, 2.24) is 4.57 Å². The smallest absolute Gasteiger partial charge is 0.252 e. The Morgan fingerprint density at radius 3 is 2.81 bits per heavy atom. The van der Waals surface area contributed by atoms with E-state index in [1.165, 1.54) is 0 Å². The Labute approximate surface area is 95.7 Å². The number of nitrogens with zero attached hydrogens (tertiary/aromatic N) is 2. The second-order valence-corrected chi connectivity index (χ2v) is 4.29. The van der Waals surface area contributed by atoms with E-state index in [2.05, 4.69) is 11.8 Å². The van der Waals surface area contributed by atoms with Crippen LogP contribution in [-0.2, 0) is 19.5 Å². The molecule has 0 saturated carbocycles. The highest BCUT2D eigenvalue weighted by Crippen LogP contribution is 2.24. The number of anilines is 1. The summed E-state index contributed by atoms with van der Waals surface area (Å²) in [5.41, 5.74) is 8.15. The van der Waals surface area contributed by atoms with Crippen LogP contribution in [0.2, 0.25) is 0 Å². The van der Waals surface area contributed by atoms with Crippen LogP contribution in [0.15, 0.2) is 10.9 Å². The third-order valence-electron chi connectivity index (χ3n) is 3.30. The van der Waals surface area contributed by atoms with Gasteiger partial charge in [0.05, 0.1) is 0 Å². The fraction of sp³-hybridized carbons (Fsp3) is 0.583. The van der Waals surface area contributed by atoms with Crippen molar-refractivity contribution in [2.45, 2.75) is 32.9 Å². The van der Waals surface area contributed by atoms with Gasteiger partial charge >= 0.3 is 0 Å². The van der Waals surface area contributed by atoms with Gasteiger partial charge in [-0.1, -0.05) is 6.92 Å². The number of hydrogen-bond acceptors (Lipinski definition) is 3. The summed E-state index contributed by atoms with van der Waals surface area (Å²) in [6.45, 7) is 4.38. The minimum absolute atomic E-state index is 0.107. The van der Waals surface area contributed by atoms with Crippen LogP contribution < -0.4 is 16.2 Å². The first kappa shape index (κ1) is 11.2. The van der Waals surface area contributed by atoms with E-state index in [0.29, 0.717) is 6.54 Å². The summed E-state index contributed by atoms with van der Waals surface area (Å²) in [5, 5.41) is 0. The molecule has 0 aliphatic carbocycles. The van der Waals surface area contributed by atoms with Crippen LogP contribution in [0.3, 0.4) is 0 Å². The van der Waals surface area contributed by atoms with E-state index in [1.807, 2.05) is 11.6 Å². The first-order chi connectivity index (χ1) is 7.69. The summed E-state index contributed by atoms with van der Waals surface area (Å²) in [6, 6.07) is 1.74. The SMILES string of the molecule is CCc1cc(=O)n2c(c1CN)N(C)CCC2. The van der Waals surface area contributed by atoms with Crippen molar-refractivity contribution in [1.29, 1.82) is 0 Å².